The van der Waals surface area contributed by atoms with E-state index in [1.807, 2.05) is 0 Å². The molecule has 1 rings (SSSR count). The number of rotatable bonds is 3. The zero-order chi connectivity index (χ0) is 9.84. The van der Waals surface area contributed by atoms with E-state index in [2.05, 4.69) is 0 Å². The third-order valence-corrected chi connectivity index (χ3v) is 2.20. The van der Waals surface area contributed by atoms with Crippen LogP contribution in [-0.4, -0.2) is 18.0 Å². The maximum absolute atomic E-state index is 11.1. The van der Waals surface area contributed by atoms with Crippen molar-refractivity contribution in [3.05, 3.63) is 23.8 Å². The van der Waals surface area contributed by atoms with Gasteiger partial charge in [-0.25, -0.2) is 0 Å². The Morgan fingerprint density at radius 1 is 1.15 bits per heavy atom. The standard InChI is InChI=1S/C9H9IO3/c1-12-7-3-6(9(10)11)4-8(5-7)13-2/h3-5H,1-2H3. The van der Waals surface area contributed by atoms with E-state index in [0.29, 0.717) is 17.1 Å². The van der Waals surface area contributed by atoms with Crippen molar-refractivity contribution in [2.45, 2.75) is 0 Å². The van der Waals surface area contributed by atoms with E-state index in [4.69, 9.17) is 9.47 Å². The Hall–Kier alpha value is -0.780. The van der Waals surface area contributed by atoms with Gasteiger partial charge in [-0.15, -0.1) is 0 Å². The van der Waals surface area contributed by atoms with Crippen molar-refractivity contribution in [3.63, 3.8) is 0 Å². The van der Waals surface area contributed by atoms with Gasteiger partial charge in [-0.3, -0.25) is 4.79 Å². The average molecular weight is 292 g/mol. The minimum atomic E-state index is -0.0326. The van der Waals surface area contributed by atoms with E-state index in [9.17, 15) is 4.79 Å². The van der Waals surface area contributed by atoms with Crippen LogP contribution in [0.2, 0.25) is 0 Å². The summed E-state index contributed by atoms with van der Waals surface area (Å²) >= 11 is 1.72. The highest BCUT2D eigenvalue weighted by Gasteiger charge is 2.05. The van der Waals surface area contributed by atoms with Gasteiger partial charge in [0.15, 0.2) is 0 Å². The number of hydrogen-bond acceptors (Lipinski definition) is 3. The SMILES string of the molecule is COc1cc(OC)cc(C(=O)I)c1. The molecule has 0 heterocycles. The van der Waals surface area contributed by atoms with Crippen LogP contribution < -0.4 is 9.47 Å². The van der Waals surface area contributed by atoms with Gasteiger partial charge in [0, 0.05) is 34.2 Å². The van der Waals surface area contributed by atoms with Crippen LogP contribution in [0.25, 0.3) is 0 Å². The molecule has 0 atom stereocenters. The van der Waals surface area contributed by atoms with Crippen molar-refractivity contribution in [1.82, 2.24) is 0 Å². The van der Waals surface area contributed by atoms with E-state index in [0.717, 1.165) is 0 Å². The van der Waals surface area contributed by atoms with Crippen LogP contribution in [0.3, 0.4) is 0 Å². The first-order valence-electron chi connectivity index (χ1n) is 3.60. The molecule has 0 aliphatic carbocycles. The molecule has 0 amide bonds. The smallest absolute Gasteiger partial charge is 0.222 e. The van der Waals surface area contributed by atoms with Gasteiger partial charge in [-0.1, -0.05) is 0 Å². The van der Waals surface area contributed by atoms with Crippen LogP contribution in [0.1, 0.15) is 10.4 Å². The number of methoxy groups -OCH3 is 2. The highest BCUT2D eigenvalue weighted by atomic mass is 127. The Bertz CT molecular complexity index is 300. The Morgan fingerprint density at radius 2 is 1.62 bits per heavy atom. The molecule has 0 N–H and O–H groups in total. The van der Waals surface area contributed by atoms with E-state index >= 15 is 0 Å². The van der Waals surface area contributed by atoms with E-state index < -0.39 is 0 Å². The topological polar surface area (TPSA) is 35.5 Å². The maximum atomic E-state index is 11.1. The molecule has 0 saturated heterocycles. The van der Waals surface area contributed by atoms with Crippen LogP contribution >= 0.6 is 22.6 Å². The van der Waals surface area contributed by atoms with Gasteiger partial charge in [0.2, 0.25) is 3.79 Å². The summed E-state index contributed by atoms with van der Waals surface area (Å²) < 4.78 is 9.99. The van der Waals surface area contributed by atoms with Crippen molar-refractivity contribution >= 4 is 26.4 Å². The first-order chi connectivity index (χ1) is 6.17. The monoisotopic (exact) mass is 292 g/mol. The first kappa shape index (κ1) is 10.3. The summed E-state index contributed by atoms with van der Waals surface area (Å²) in [5.41, 5.74) is 0.580. The predicted molar refractivity (Wildman–Crippen MR) is 57.9 cm³/mol. The van der Waals surface area contributed by atoms with E-state index in [1.54, 1.807) is 55.0 Å². The molecule has 0 spiro atoms. The normalized spacial score (nSPS) is 9.46. The molecule has 0 aliphatic heterocycles. The maximum Gasteiger partial charge on any atom is 0.222 e. The van der Waals surface area contributed by atoms with Gasteiger partial charge in [0.25, 0.3) is 0 Å². The Labute approximate surface area is 90.2 Å². The number of carbonyl (C=O) groups excluding carboxylic acids is 1. The van der Waals surface area contributed by atoms with Crippen molar-refractivity contribution < 1.29 is 14.3 Å². The van der Waals surface area contributed by atoms with Crippen LogP contribution in [0.5, 0.6) is 11.5 Å². The Balaban J connectivity index is 3.14. The predicted octanol–water partition coefficient (Wildman–Crippen LogP) is 2.28. The highest BCUT2D eigenvalue weighted by Crippen LogP contribution is 2.23. The zero-order valence-corrected chi connectivity index (χ0v) is 9.49. The zero-order valence-electron chi connectivity index (χ0n) is 7.33. The number of halogens is 1. The molecular formula is C9H9IO3. The number of ether oxygens (including phenoxy) is 2. The molecule has 13 heavy (non-hydrogen) atoms. The van der Waals surface area contributed by atoms with Crippen LogP contribution in [0, 0.1) is 0 Å². The summed E-state index contributed by atoms with van der Waals surface area (Å²) in [6.45, 7) is 0. The van der Waals surface area contributed by atoms with Gasteiger partial charge >= 0.3 is 0 Å². The second kappa shape index (κ2) is 4.45. The second-order valence-corrected chi connectivity index (χ2v) is 3.35. The molecule has 1 aromatic rings. The fourth-order valence-corrected chi connectivity index (χ4v) is 1.23. The summed E-state index contributed by atoms with van der Waals surface area (Å²) in [6.07, 6.45) is 0. The van der Waals surface area contributed by atoms with Crippen LogP contribution in [0.15, 0.2) is 18.2 Å². The van der Waals surface area contributed by atoms with Crippen LogP contribution in [-0.2, 0) is 0 Å². The fraction of sp³-hybridized carbons (Fsp3) is 0.222. The quantitative estimate of drug-likeness (QED) is 0.633. The van der Waals surface area contributed by atoms with Gasteiger partial charge in [0.1, 0.15) is 11.5 Å². The fourth-order valence-electron chi connectivity index (χ4n) is 0.921. The number of carbonyl (C=O) groups is 1. The molecule has 0 saturated carbocycles. The third kappa shape index (κ3) is 2.58. The summed E-state index contributed by atoms with van der Waals surface area (Å²) in [7, 11) is 3.10. The lowest BCUT2D eigenvalue weighted by Gasteiger charge is -2.05. The molecule has 3 nitrogen and oxygen atoms in total. The van der Waals surface area contributed by atoms with E-state index in [-0.39, 0.29) is 3.79 Å². The summed E-state index contributed by atoms with van der Waals surface area (Å²) in [5.74, 6) is 1.25. The Morgan fingerprint density at radius 3 is 1.92 bits per heavy atom. The molecule has 70 valence electrons. The molecule has 4 heteroatoms. The molecule has 0 aliphatic rings. The summed E-state index contributed by atoms with van der Waals surface area (Å²) in [6, 6.07) is 5.08. The van der Waals surface area contributed by atoms with Gasteiger partial charge in [0.05, 0.1) is 14.2 Å². The molecule has 1 aromatic carbocycles. The van der Waals surface area contributed by atoms with Crippen molar-refractivity contribution in [2.75, 3.05) is 14.2 Å². The van der Waals surface area contributed by atoms with Crippen molar-refractivity contribution in [2.24, 2.45) is 0 Å². The van der Waals surface area contributed by atoms with Gasteiger partial charge in [-0.2, -0.15) is 0 Å². The molecule has 0 fully saturated rings. The average Bonchev–Trinajstić information content (AvgIpc) is 2.16. The molecule has 0 unspecified atom stereocenters. The van der Waals surface area contributed by atoms with E-state index in [1.165, 1.54) is 0 Å². The Kier molecular flexibility index (Phi) is 3.53. The number of hydrogen-bond donors (Lipinski definition) is 0. The molecule has 0 radical (unpaired) electrons. The lowest BCUT2D eigenvalue weighted by Crippen LogP contribution is -1.93. The van der Waals surface area contributed by atoms with Crippen molar-refractivity contribution in [3.8, 4) is 11.5 Å². The molecular weight excluding hydrogens is 283 g/mol. The third-order valence-electron chi connectivity index (χ3n) is 1.58. The minimum Gasteiger partial charge on any atom is -0.497 e. The summed E-state index contributed by atoms with van der Waals surface area (Å²) in [4.78, 5) is 11.1. The molecule has 0 bridgehead atoms. The second-order valence-electron chi connectivity index (χ2n) is 2.38. The van der Waals surface area contributed by atoms with Gasteiger partial charge in [-0.05, 0) is 12.1 Å². The summed E-state index contributed by atoms with van der Waals surface area (Å²) in [5, 5.41) is 0. The van der Waals surface area contributed by atoms with Crippen LogP contribution in [0.4, 0.5) is 0 Å². The number of benzene rings is 1. The minimum absolute atomic E-state index is 0.0326. The first-order valence-corrected chi connectivity index (χ1v) is 4.68. The van der Waals surface area contributed by atoms with Gasteiger partial charge < -0.3 is 9.47 Å². The lowest BCUT2D eigenvalue weighted by molar-refractivity contribution is 0.110. The molecule has 0 aromatic heterocycles. The lowest BCUT2D eigenvalue weighted by atomic mass is 10.2. The van der Waals surface area contributed by atoms with Crippen molar-refractivity contribution in [1.29, 1.82) is 0 Å². The largest absolute Gasteiger partial charge is 0.497 e. The highest BCUT2D eigenvalue weighted by molar-refractivity contribution is 14.1.